The molecule has 0 aliphatic carbocycles. The molecule has 0 bridgehead atoms. The first-order valence-corrected chi connectivity index (χ1v) is 6.02. The van der Waals surface area contributed by atoms with Crippen LogP contribution in [0.15, 0.2) is 24.3 Å². The summed E-state index contributed by atoms with van der Waals surface area (Å²) in [6, 6.07) is 7.35. The lowest BCUT2D eigenvalue weighted by Crippen LogP contribution is -2.19. The molecule has 2 N–H and O–H groups in total. The molecule has 5 heteroatoms. The van der Waals surface area contributed by atoms with Crippen molar-refractivity contribution in [1.29, 1.82) is 5.26 Å². The van der Waals surface area contributed by atoms with Gasteiger partial charge < -0.3 is 5.73 Å². The lowest BCUT2D eigenvalue weighted by molar-refractivity contribution is -0.384. The van der Waals surface area contributed by atoms with E-state index >= 15 is 0 Å². The number of nitro benzene ring substituents is 1. The second kappa shape index (κ2) is 11.6. The molecule has 0 heterocycles. The van der Waals surface area contributed by atoms with Gasteiger partial charge in [0.15, 0.2) is 0 Å². The third-order valence-corrected chi connectivity index (χ3v) is 1.77. The summed E-state index contributed by atoms with van der Waals surface area (Å²) in [5.41, 5.74) is 6.27. The fourth-order valence-electron chi connectivity index (χ4n) is 1.05. The maximum absolute atomic E-state index is 10.3. The second-order valence-corrected chi connectivity index (χ2v) is 2.86. The first-order valence-electron chi connectivity index (χ1n) is 6.02. The van der Waals surface area contributed by atoms with E-state index in [1.54, 1.807) is 12.1 Å². The highest BCUT2D eigenvalue weighted by Gasteiger charge is 2.06. The highest BCUT2D eigenvalue weighted by molar-refractivity contribution is 5.33. The Balaban J connectivity index is 0. The molecule has 1 aromatic rings. The Morgan fingerprint density at radius 1 is 1.28 bits per heavy atom. The predicted octanol–water partition coefficient (Wildman–Crippen LogP) is 3.04. The minimum atomic E-state index is -0.559. The minimum absolute atomic E-state index is 0.0410. The first-order chi connectivity index (χ1) is 8.63. The predicted molar refractivity (Wildman–Crippen MR) is 73.1 cm³/mol. The number of hydrogen-bond donors (Lipinski definition) is 1. The van der Waals surface area contributed by atoms with E-state index in [1.165, 1.54) is 12.1 Å². The van der Waals surface area contributed by atoms with Gasteiger partial charge in [-0.25, -0.2) is 0 Å². The van der Waals surface area contributed by atoms with Gasteiger partial charge in [0.1, 0.15) is 0 Å². The van der Waals surface area contributed by atoms with Crippen molar-refractivity contribution in [2.45, 2.75) is 40.2 Å². The van der Waals surface area contributed by atoms with Crippen molar-refractivity contribution < 1.29 is 4.92 Å². The zero-order valence-electron chi connectivity index (χ0n) is 11.4. The van der Waals surface area contributed by atoms with Gasteiger partial charge in [-0.15, -0.1) is 0 Å². The van der Waals surface area contributed by atoms with Crippen LogP contribution in [0.1, 0.15) is 33.3 Å². The monoisotopic (exact) mass is 251 g/mol. The molecule has 0 aliphatic rings. The van der Waals surface area contributed by atoms with Crippen LogP contribution in [0.2, 0.25) is 0 Å². The molecule has 0 spiro atoms. The zero-order chi connectivity index (χ0) is 14.6. The molecular formula is C13H21N3O2. The Kier molecular flexibility index (Phi) is 11.8. The molecule has 18 heavy (non-hydrogen) atoms. The second-order valence-electron chi connectivity index (χ2n) is 2.86. The van der Waals surface area contributed by atoms with Gasteiger partial charge in [-0.2, -0.15) is 5.26 Å². The number of nitro groups is 1. The van der Waals surface area contributed by atoms with Crippen molar-refractivity contribution in [2.75, 3.05) is 0 Å². The Morgan fingerprint density at radius 2 is 1.72 bits per heavy atom. The highest BCUT2D eigenvalue weighted by atomic mass is 16.6. The summed E-state index contributed by atoms with van der Waals surface area (Å²) < 4.78 is 0. The fourth-order valence-corrected chi connectivity index (χ4v) is 1.05. The summed E-state index contributed by atoms with van der Waals surface area (Å²) in [4.78, 5) is 9.85. The van der Waals surface area contributed by atoms with Crippen LogP contribution >= 0.6 is 0 Å². The summed E-state index contributed by atoms with van der Waals surface area (Å²) in [6.45, 7) is 8.00. The van der Waals surface area contributed by atoms with E-state index in [1.807, 2.05) is 33.8 Å². The Morgan fingerprint density at radius 3 is 2.06 bits per heavy atom. The summed E-state index contributed by atoms with van der Waals surface area (Å²) in [7, 11) is 0. The fraction of sp³-hybridized carbons (Fsp3) is 0.462. The summed E-state index contributed by atoms with van der Waals surface area (Å²) in [6.07, 6.45) is 0.411. The first kappa shape index (κ1) is 18.4. The lowest BCUT2D eigenvalue weighted by Gasteiger charge is -2.01. The van der Waals surface area contributed by atoms with Crippen LogP contribution in [-0.4, -0.2) is 11.0 Å². The van der Waals surface area contributed by atoms with Gasteiger partial charge in [0, 0.05) is 18.6 Å². The largest absolute Gasteiger partial charge is 0.316 e. The van der Waals surface area contributed by atoms with Crippen LogP contribution in [0.3, 0.4) is 0 Å². The molecule has 1 aromatic carbocycles. The number of nitrogens with zero attached hydrogens (tertiary/aromatic N) is 2. The summed E-state index contributed by atoms with van der Waals surface area (Å²) in [5.74, 6) is 0. The van der Waals surface area contributed by atoms with Crippen LogP contribution in [0.25, 0.3) is 0 Å². The van der Waals surface area contributed by atoms with Crippen LogP contribution in [-0.2, 0) is 6.42 Å². The number of non-ortho nitro benzene ring substituents is 1. The third kappa shape index (κ3) is 7.36. The van der Waals surface area contributed by atoms with Crippen molar-refractivity contribution in [3.05, 3.63) is 39.9 Å². The lowest BCUT2D eigenvalue weighted by atomic mass is 10.1. The molecule has 0 saturated carbocycles. The van der Waals surface area contributed by atoms with E-state index < -0.39 is 11.0 Å². The number of hydrogen-bond acceptors (Lipinski definition) is 4. The average molecular weight is 251 g/mol. The van der Waals surface area contributed by atoms with Crippen molar-refractivity contribution in [2.24, 2.45) is 5.73 Å². The van der Waals surface area contributed by atoms with Crippen molar-refractivity contribution in [3.63, 3.8) is 0 Å². The zero-order valence-corrected chi connectivity index (χ0v) is 11.4. The van der Waals surface area contributed by atoms with Crippen molar-refractivity contribution in [1.82, 2.24) is 0 Å². The van der Waals surface area contributed by atoms with E-state index in [2.05, 4.69) is 0 Å². The standard InChI is InChI=1S/C9H9N3O2.2C2H6/c10-6-8(11)5-7-1-3-9(4-2-7)12(13)14;2*1-2/h1-4,8H,5,11H2;2*1-2H3. The summed E-state index contributed by atoms with van der Waals surface area (Å²) in [5, 5.41) is 18.8. The topological polar surface area (TPSA) is 93.0 Å². The van der Waals surface area contributed by atoms with Gasteiger partial charge in [0.2, 0.25) is 0 Å². The van der Waals surface area contributed by atoms with Crippen LogP contribution in [0, 0.1) is 21.4 Å². The Hall–Kier alpha value is -1.93. The van der Waals surface area contributed by atoms with Crippen LogP contribution in [0.5, 0.6) is 0 Å². The van der Waals surface area contributed by atoms with E-state index in [0.717, 1.165) is 5.56 Å². The number of nitriles is 1. The molecule has 100 valence electrons. The van der Waals surface area contributed by atoms with Crippen molar-refractivity contribution >= 4 is 5.69 Å². The Bertz CT molecular complexity index is 369. The SMILES string of the molecule is CC.CC.N#CC(N)Cc1ccc([N+](=O)[O-])cc1. The normalized spacial score (nSPS) is 9.78. The molecule has 0 aliphatic heterocycles. The number of rotatable bonds is 3. The van der Waals surface area contributed by atoms with E-state index in [0.29, 0.717) is 6.42 Å². The van der Waals surface area contributed by atoms with Gasteiger partial charge in [0.25, 0.3) is 5.69 Å². The van der Waals surface area contributed by atoms with Crippen molar-refractivity contribution in [3.8, 4) is 6.07 Å². The third-order valence-electron chi connectivity index (χ3n) is 1.77. The minimum Gasteiger partial charge on any atom is -0.316 e. The van der Waals surface area contributed by atoms with Gasteiger partial charge in [-0.3, -0.25) is 10.1 Å². The molecule has 1 atom stereocenters. The average Bonchev–Trinajstić information content (AvgIpc) is 2.43. The van der Waals surface area contributed by atoms with E-state index in [9.17, 15) is 10.1 Å². The maximum atomic E-state index is 10.3. The molecule has 0 aromatic heterocycles. The van der Waals surface area contributed by atoms with Gasteiger partial charge in [-0.05, 0) is 5.56 Å². The number of benzene rings is 1. The van der Waals surface area contributed by atoms with E-state index in [-0.39, 0.29) is 5.69 Å². The van der Waals surface area contributed by atoms with Gasteiger partial charge in [-0.1, -0.05) is 39.8 Å². The van der Waals surface area contributed by atoms with Gasteiger partial charge >= 0.3 is 0 Å². The van der Waals surface area contributed by atoms with Gasteiger partial charge in [0.05, 0.1) is 17.0 Å². The molecule has 0 amide bonds. The molecule has 1 unspecified atom stereocenters. The highest BCUT2D eigenvalue weighted by Crippen LogP contribution is 2.12. The smallest absolute Gasteiger partial charge is 0.269 e. The molecule has 0 fully saturated rings. The quantitative estimate of drug-likeness (QED) is 0.660. The molecule has 1 rings (SSSR count). The Labute approximate surface area is 108 Å². The maximum Gasteiger partial charge on any atom is 0.269 e. The molecule has 0 radical (unpaired) electrons. The molecular weight excluding hydrogens is 230 g/mol. The van der Waals surface area contributed by atoms with Crippen LogP contribution in [0.4, 0.5) is 5.69 Å². The molecule has 0 saturated heterocycles. The summed E-state index contributed by atoms with van der Waals surface area (Å²) >= 11 is 0. The van der Waals surface area contributed by atoms with Crippen LogP contribution < -0.4 is 5.73 Å². The number of nitrogens with two attached hydrogens (primary N) is 1. The van der Waals surface area contributed by atoms with E-state index in [4.69, 9.17) is 11.0 Å². The molecule has 5 nitrogen and oxygen atoms in total.